The molecule has 0 aliphatic heterocycles. The molecule has 0 bridgehead atoms. The maximum absolute atomic E-state index is 12.9. The predicted octanol–water partition coefficient (Wildman–Crippen LogP) is 4.47. The average molecular weight is 403 g/mol. The zero-order valence-corrected chi connectivity index (χ0v) is 17.0. The molecule has 0 spiro atoms. The lowest BCUT2D eigenvalue weighted by molar-refractivity contribution is -0.135. The van der Waals surface area contributed by atoms with E-state index in [1.165, 1.54) is 0 Å². The monoisotopic (exact) mass is 403 g/mol. The molecule has 3 aromatic carbocycles. The van der Waals surface area contributed by atoms with Gasteiger partial charge in [-0.05, 0) is 42.3 Å². The van der Waals surface area contributed by atoms with E-state index in [0.717, 1.165) is 11.1 Å². The van der Waals surface area contributed by atoms with Crippen LogP contribution in [0, 0.1) is 0 Å². The van der Waals surface area contributed by atoms with Crippen molar-refractivity contribution in [2.24, 2.45) is 0 Å². The van der Waals surface area contributed by atoms with Gasteiger partial charge in [0.1, 0.15) is 5.75 Å². The van der Waals surface area contributed by atoms with Crippen LogP contribution in [0.2, 0.25) is 0 Å². The Morgan fingerprint density at radius 2 is 1.30 bits per heavy atom. The summed E-state index contributed by atoms with van der Waals surface area (Å²) in [6, 6.07) is 26.2. The first-order valence-corrected chi connectivity index (χ1v) is 9.91. The van der Waals surface area contributed by atoms with Crippen LogP contribution in [-0.4, -0.2) is 30.0 Å². The van der Waals surface area contributed by atoms with Crippen LogP contribution in [0.25, 0.3) is 0 Å². The second-order valence-electron chi connectivity index (χ2n) is 6.75. The van der Waals surface area contributed by atoms with Gasteiger partial charge in [-0.2, -0.15) is 0 Å². The minimum Gasteiger partial charge on any atom is -0.494 e. The molecular formula is C25H25NO4. The highest BCUT2D eigenvalue weighted by atomic mass is 16.5. The lowest BCUT2D eigenvalue weighted by Crippen LogP contribution is -2.33. The Kier molecular flexibility index (Phi) is 7.61. The van der Waals surface area contributed by atoms with Gasteiger partial charge in [0.05, 0.1) is 12.2 Å². The molecule has 30 heavy (non-hydrogen) atoms. The van der Waals surface area contributed by atoms with E-state index < -0.39 is 5.97 Å². The van der Waals surface area contributed by atoms with Crippen LogP contribution in [0.4, 0.5) is 0 Å². The van der Waals surface area contributed by atoms with Crippen molar-refractivity contribution in [1.29, 1.82) is 0 Å². The molecule has 0 saturated carbocycles. The molecule has 0 aliphatic carbocycles. The van der Waals surface area contributed by atoms with Crippen molar-refractivity contribution in [3.8, 4) is 5.75 Å². The van der Waals surface area contributed by atoms with Gasteiger partial charge < -0.3 is 14.4 Å². The number of hydrogen-bond donors (Lipinski definition) is 0. The smallest absolute Gasteiger partial charge is 0.338 e. The molecule has 0 heterocycles. The number of ether oxygens (including phenoxy) is 2. The molecular weight excluding hydrogens is 378 g/mol. The van der Waals surface area contributed by atoms with Gasteiger partial charge in [-0.25, -0.2) is 4.79 Å². The van der Waals surface area contributed by atoms with E-state index in [9.17, 15) is 9.59 Å². The fourth-order valence-corrected chi connectivity index (χ4v) is 3.00. The Labute approximate surface area is 176 Å². The van der Waals surface area contributed by atoms with Crippen molar-refractivity contribution in [2.75, 3.05) is 13.2 Å². The predicted molar refractivity (Wildman–Crippen MR) is 115 cm³/mol. The third-order valence-electron chi connectivity index (χ3n) is 4.51. The molecule has 0 aromatic heterocycles. The summed E-state index contributed by atoms with van der Waals surface area (Å²) in [5, 5.41) is 0. The first kappa shape index (κ1) is 21.1. The number of nitrogens with zero attached hydrogens (tertiary/aromatic N) is 1. The summed E-state index contributed by atoms with van der Waals surface area (Å²) in [7, 11) is 0. The molecule has 3 aromatic rings. The highest BCUT2D eigenvalue weighted by molar-refractivity contribution is 5.91. The second kappa shape index (κ2) is 10.8. The fraction of sp³-hybridized carbons (Fsp3) is 0.200. The lowest BCUT2D eigenvalue weighted by atomic mass is 10.1. The quantitative estimate of drug-likeness (QED) is 0.495. The summed E-state index contributed by atoms with van der Waals surface area (Å²) in [6.45, 7) is 3.01. The number of benzene rings is 3. The molecule has 0 fully saturated rings. The van der Waals surface area contributed by atoms with E-state index >= 15 is 0 Å². The van der Waals surface area contributed by atoms with E-state index in [1.807, 2.05) is 67.6 Å². The number of rotatable bonds is 9. The van der Waals surface area contributed by atoms with E-state index in [4.69, 9.17) is 9.47 Å². The molecule has 0 atom stereocenters. The number of carbonyl (C=O) groups is 2. The zero-order valence-electron chi connectivity index (χ0n) is 17.0. The van der Waals surface area contributed by atoms with Gasteiger partial charge in [-0.3, -0.25) is 4.79 Å². The van der Waals surface area contributed by atoms with Crippen LogP contribution < -0.4 is 4.74 Å². The summed E-state index contributed by atoms with van der Waals surface area (Å²) < 4.78 is 10.6. The van der Waals surface area contributed by atoms with Crippen LogP contribution >= 0.6 is 0 Å². The number of esters is 1. The van der Waals surface area contributed by atoms with E-state index in [2.05, 4.69) is 0 Å². The summed E-state index contributed by atoms with van der Waals surface area (Å²) in [6.07, 6.45) is 0. The van der Waals surface area contributed by atoms with Crippen LogP contribution in [0.5, 0.6) is 5.75 Å². The molecule has 5 heteroatoms. The standard InChI is InChI=1S/C25H25NO4/c1-2-29-23-15-13-22(14-16-23)25(28)30-19-24(27)26(17-20-9-5-3-6-10-20)18-21-11-7-4-8-12-21/h3-16H,2,17-19H2,1H3. The first-order valence-electron chi connectivity index (χ1n) is 9.91. The second-order valence-corrected chi connectivity index (χ2v) is 6.75. The van der Waals surface area contributed by atoms with Crippen LogP contribution in [0.3, 0.4) is 0 Å². The van der Waals surface area contributed by atoms with Gasteiger partial charge in [0.15, 0.2) is 6.61 Å². The van der Waals surface area contributed by atoms with Crippen LogP contribution in [-0.2, 0) is 22.6 Å². The summed E-state index contributed by atoms with van der Waals surface area (Å²) in [5.74, 6) is -0.102. The molecule has 1 amide bonds. The number of carbonyl (C=O) groups excluding carboxylic acids is 2. The van der Waals surface area contributed by atoms with Gasteiger partial charge in [-0.15, -0.1) is 0 Å². The molecule has 0 saturated heterocycles. The van der Waals surface area contributed by atoms with Crippen molar-refractivity contribution in [3.05, 3.63) is 102 Å². The molecule has 5 nitrogen and oxygen atoms in total. The van der Waals surface area contributed by atoms with E-state index in [0.29, 0.717) is 31.0 Å². The summed E-state index contributed by atoms with van der Waals surface area (Å²) in [5.41, 5.74) is 2.41. The Morgan fingerprint density at radius 3 is 1.80 bits per heavy atom. The average Bonchev–Trinajstić information content (AvgIpc) is 2.79. The number of hydrogen-bond acceptors (Lipinski definition) is 4. The van der Waals surface area contributed by atoms with Crippen molar-refractivity contribution >= 4 is 11.9 Å². The van der Waals surface area contributed by atoms with Gasteiger partial charge in [0, 0.05) is 13.1 Å². The summed E-state index contributed by atoms with van der Waals surface area (Å²) in [4.78, 5) is 26.9. The highest BCUT2D eigenvalue weighted by Gasteiger charge is 2.17. The topological polar surface area (TPSA) is 55.8 Å². The lowest BCUT2D eigenvalue weighted by Gasteiger charge is -2.23. The van der Waals surface area contributed by atoms with Gasteiger partial charge in [0.2, 0.25) is 0 Å². The van der Waals surface area contributed by atoms with Gasteiger partial charge in [0.25, 0.3) is 5.91 Å². The van der Waals surface area contributed by atoms with Crippen molar-refractivity contribution in [2.45, 2.75) is 20.0 Å². The molecule has 0 radical (unpaired) electrons. The normalized spacial score (nSPS) is 10.3. The first-order chi connectivity index (χ1) is 14.7. The third kappa shape index (κ3) is 6.21. The third-order valence-corrected chi connectivity index (χ3v) is 4.51. The Balaban J connectivity index is 1.63. The van der Waals surface area contributed by atoms with E-state index in [-0.39, 0.29) is 12.5 Å². The zero-order chi connectivity index (χ0) is 21.2. The van der Waals surface area contributed by atoms with Crippen LogP contribution in [0.15, 0.2) is 84.9 Å². The van der Waals surface area contributed by atoms with Gasteiger partial charge in [-0.1, -0.05) is 60.7 Å². The molecule has 0 N–H and O–H groups in total. The number of amides is 1. The van der Waals surface area contributed by atoms with Crippen molar-refractivity contribution < 1.29 is 19.1 Å². The maximum Gasteiger partial charge on any atom is 0.338 e. The minimum atomic E-state index is -0.536. The maximum atomic E-state index is 12.9. The highest BCUT2D eigenvalue weighted by Crippen LogP contribution is 2.14. The molecule has 154 valence electrons. The Morgan fingerprint density at radius 1 is 0.767 bits per heavy atom. The molecule has 0 unspecified atom stereocenters. The van der Waals surface area contributed by atoms with Gasteiger partial charge >= 0.3 is 5.97 Å². The Hall–Kier alpha value is -3.60. The van der Waals surface area contributed by atoms with E-state index in [1.54, 1.807) is 29.2 Å². The van der Waals surface area contributed by atoms with Crippen molar-refractivity contribution in [1.82, 2.24) is 4.90 Å². The van der Waals surface area contributed by atoms with Crippen molar-refractivity contribution in [3.63, 3.8) is 0 Å². The molecule has 3 rings (SSSR count). The summed E-state index contributed by atoms with van der Waals surface area (Å²) >= 11 is 0. The Bertz CT molecular complexity index is 898. The molecule has 0 aliphatic rings. The fourth-order valence-electron chi connectivity index (χ4n) is 3.00. The largest absolute Gasteiger partial charge is 0.494 e. The SMILES string of the molecule is CCOc1ccc(C(=O)OCC(=O)N(Cc2ccccc2)Cc2ccccc2)cc1. The van der Waals surface area contributed by atoms with Crippen LogP contribution in [0.1, 0.15) is 28.4 Å². The minimum absolute atomic E-state index is 0.248.